The van der Waals surface area contributed by atoms with Crippen LogP contribution in [0.4, 0.5) is 0 Å². The molecule has 0 heterocycles. The second-order valence-corrected chi connectivity index (χ2v) is 13.9. The van der Waals surface area contributed by atoms with Crippen LogP contribution in [0.1, 0.15) is 26.7 Å². The molecule has 0 aliphatic rings. The van der Waals surface area contributed by atoms with Crippen molar-refractivity contribution in [1.82, 2.24) is 4.90 Å². The van der Waals surface area contributed by atoms with Crippen molar-refractivity contribution in [2.24, 2.45) is 0 Å². The van der Waals surface area contributed by atoms with Crippen molar-refractivity contribution in [3.05, 3.63) is 115 Å². The molecule has 31 heavy (non-hydrogen) atoms. The molecule has 3 aromatic carbocycles. The molecule has 0 aliphatic carbocycles. The zero-order valence-corrected chi connectivity index (χ0v) is 20.2. The third-order valence-corrected chi connectivity index (χ3v) is 12.3. The van der Waals surface area contributed by atoms with E-state index in [1.54, 1.807) is 0 Å². The van der Waals surface area contributed by atoms with E-state index in [0.717, 1.165) is 41.8 Å². The van der Waals surface area contributed by atoms with Crippen molar-refractivity contribution < 1.29 is 0 Å². The molecule has 3 heteroatoms. The maximum absolute atomic E-state index is 8.01. The van der Waals surface area contributed by atoms with Gasteiger partial charge in [-0.1, -0.05) is 0 Å². The van der Waals surface area contributed by atoms with Gasteiger partial charge >= 0.3 is 193 Å². The molecule has 0 bridgehead atoms. The van der Waals surface area contributed by atoms with Gasteiger partial charge in [0.25, 0.3) is 0 Å². The summed E-state index contributed by atoms with van der Waals surface area (Å²) in [5.41, 5.74) is 0. The second-order valence-electron chi connectivity index (χ2n) is 7.80. The summed E-state index contributed by atoms with van der Waals surface area (Å²) in [6.45, 7) is 6.58. The third-order valence-electron chi connectivity index (χ3n) is 5.58. The fraction of sp³-hybridized carbons (Fsp3) is 0.214. The van der Waals surface area contributed by atoms with Crippen LogP contribution in [0.5, 0.6) is 0 Å². The van der Waals surface area contributed by atoms with Crippen molar-refractivity contribution in [3.63, 3.8) is 0 Å². The molecule has 0 atom stereocenters. The fourth-order valence-electron chi connectivity index (χ4n) is 4.08. The minimum absolute atomic E-state index is 1.07. The molecule has 0 saturated heterocycles. The molecule has 0 radical (unpaired) electrons. The monoisotopic (exact) mass is 449 g/mol. The Balaban J connectivity index is 2.19. The van der Waals surface area contributed by atoms with Gasteiger partial charge in [0.1, 0.15) is 0 Å². The summed E-state index contributed by atoms with van der Waals surface area (Å²) in [7, 11) is 0. The van der Waals surface area contributed by atoms with Gasteiger partial charge in [-0.25, -0.2) is 0 Å². The number of rotatable bonds is 10. The van der Waals surface area contributed by atoms with Crippen LogP contribution in [-0.4, -0.2) is 18.0 Å². The number of benzene rings is 3. The van der Waals surface area contributed by atoms with Crippen LogP contribution < -0.4 is 15.9 Å². The Morgan fingerprint density at radius 3 is 1.39 bits per heavy atom. The van der Waals surface area contributed by atoms with E-state index in [9.17, 15) is 0 Å². The van der Waals surface area contributed by atoms with E-state index in [-0.39, 0.29) is 0 Å². The van der Waals surface area contributed by atoms with E-state index in [2.05, 4.69) is 134 Å². The van der Waals surface area contributed by atoms with Crippen molar-refractivity contribution in [1.29, 1.82) is 0 Å². The Labute approximate surface area is 192 Å². The van der Waals surface area contributed by atoms with Gasteiger partial charge in [0.2, 0.25) is 0 Å². The summed E-state index contributed by atoms with van der Waals surface area (Å²) in [4.78, 5) is 2.38. The van der Waals surface area contributed by atoms with Gasteiger partial charge < -0.3 is 0 Å². The van der Waals surface area contributed by atoms with Gasteiger partial charge in [-0.3, -0.25) is 0 Å². The molecular formula is C28H33ClNP. The van der Waals surface area contributed by atoms with Gasteiger partial charge in [-0.05, 0) is 0 Å². The van der Waals surface area contributed by atoms with Gasteiger partial charge in [0.15, 0.2) is 0 Å². The normalized spacial score (nSPS) is 13.3. The Morgan fingerprint density at radius 2 is 1.03 bits per heavy atom. The average molecular weight is 450 g/mol. The van der Waals surface area contributed by atoms with Crippen molar-refractivity contribution in [2.75, 3.05) is 13.1 Å². The molecule has 162 valence electrons. The number of hydrogen-bond donors (Lipinski definition) is 0. The molecule has 3 rings (SSSR count). The topological polar surface area (TPSA) is 3.24 Å². The first-order chi connectivity index (χ1) is 15.1. The van der Waals surface area contributed by atoms with Crippen molar-refractivity contribution >= 4 is 33.1 Å². The second kappa shape index (κ2) is 10.8. The Morgan fingerprint density at radius 1 is 0.645 bits per heavy atom. The van der Waals surface area contributed by atoms with E-state index in [1.165, 1.54) is 0 Å². The van der Waals surface area contributed by atoms with Crippen LogP contribution in [0.3, 0.4) is 0 Å². The summed E-state index contributed by atoms with van der Waals surface area (Å²) in [5, 5.41) is 3.45. The van der Waals surface area contributed by atoms with E-state index in [0.29, 0.717) is 0 Å². The average Bonchev–Trinajstić information content (AvgIpc) is 2.84. The first-order valence-electron chi connectivity index (χ1n) is 11.1. The summed E-state index contributed by atoms with van der Waals surface area (Å²) in [5.74, 6) is -1.06. The zero-order valence-electron chi connectivity index (χ0n) is 18.6. The maximum atomic E-state index is 8.01. The van der Waals surface area contributed by atoms with Crippen molar-refractivity contribution in [2.45, 2.75) is 26.7 Å². The number of allylic oxidation sites excluding steroid dienone is 2. The molecule has 1 nitrogen and oxygen atoms in total. The van der Waals surface area contributed by atoms with Gasteiger partial charge in [0.05, 0.1) is 0 Å². The third kappa shape index (κ3) is 4.95. The molecule has 3 aromatic rings. The quantitative estimate of drug-likeness (QED) is 0.242. The molecule has 0 aliphatic heterocycles. The van der Waals surface area contributed by atoms with Crippen LogP contribution in [-0.2, 0) is 0 Å². The predicted octanol–water partition coefficient (Wildman–Crippen LogP) is 6.82. The summed E-state index contributed by atoms with van der Waals surface area (Å²) in [6.07, 6.45) is 8.77. The van der Waals surface area contributed by atoms with Crippen LogP contribution in [0.25, 0.3) is 0 Å². The Kier molecular flexibility index (Phi) is 8.13. The number of halogens is 1. The molecular weight excluding hydrogens is 417 g/mol. The van der Waals surface area contributed by atoms with Crippen molar-refractivity contribution in [3.8, 4) is 0 Å². The van der Waals surface area contributed by atoms with Gasteiger partial charge in [-0.15, -0.1) is 0 Å². The van der Waals surface area contributed by atoms with E-state index >= 15 is 0 Å². The molecule has 0 amide bonds. The van der Waals surface area contributed by atoms with E-state index in [1.807, 2.05) is 0 Å². The summed E-state index contributed by atoms with van der Waals surface area (Å²) in [6, 6.07) is 31.6. The summed E-state index contributed by atoms with van der Waals surface area (Å²) < 4.78 is 0. The van der Waals surface area contributed by atoms with Gasteiger partial charge in [0, 0.05) is 0 Å². The number of hydrogen-bond acceptors (Lipinski definition) is 1. The predicted molar refractivity (Wildman–Crippen MR) is 141 cm³/mol. The van der Waals surface area contributed by atoms with E-state index in [4.69, 9.17) is 11.2 Å². The molecule has 0 spiro atoms. The van der Waals surface area contributed by atoms with Crippen LogP contribution >= 0.6 is 17.2 Å². The molecule has 0 unspecified atom stereocenters. The fourth-order valence-corrected chi connectivity index (χ4v) is 9.39. The van der Waals surface area contributed by atoms with Crippen LogP contribution in [0.2, 0.25) is 0 Å². The molecule has 0 aromatic heterocycles. The Bertz CT molecular complexity index is 878. The van der Waals surface area contributed by atoms with E-state index < -0.39 is 5.96 Å². The van der Waals surface area contributed by atoms with Crippen LogP contribution in [0, 0.1) is 0 Å². The minimum atomic E-state index is -3.32. The standard InChI is InChI=1S/C28H33ClNP/c1-3-22-30(23-4-2)24-14-15-25-31(29,26-16-8-5-9-17-26,27-18-10-6-11-19-27)28-20-12-7-13-21-28/h5-21,24-25H,3-4,22-23H2,1-2H3. The molecule has 0 fully saturated rings. The number of nitrogens with zero attached hydrogens (tertiary/aromatic N) is 1. The first kappa shape index (κ1) is 23.3. The molecule has 0 N–H and O–H groups in total. The Hall–Kier alpha value is -2.34. The van der Waals surface area contributed by atoms with Crippen LogP contribution in [0.15, 0.2) is 115 Å². The zero-order chi connectivity index (χ0) is 22.0. The first-order valence-corrected chi connectivity index (χ1v) is 14.3. The summed E-state index contributed by atoms with van der Waals surface area (Å²) >= 11 is 8.01. The SMILES string of the molecule is CCCN(C=CC=CP(Cl)(c1ccccc1)(c1ccccc1)c1ccccc1)CCC. The molecule has 0 saturated carbocycles. The van der Waals surface area contributed by atoms with Gasteiger partial charge in [-0.2, -0.15) is 0 Å².